The highest BCUT2D eigenvalue weighted by molar-refractivity contribution is 7.99. The van der Waals surface area contributed by atoms with Crippen LogP contribution in [-0.2, 0) is 0 Å². The molecule has 0 bridgehead atoms. The number of nitrogens with one attached hydrogen (secondary N) is 1. The second kappa shape index (κ2) is 5.88. The second-order valence-electron chi connectivity index (χ2n) is 3.95. The third-order valence-electron chi connectivity index (χ3n) is 2.41. The van der Waals surface area contributed by atoms with E-state index in [4.69, 9.17) is 5.73 Å². The zero-order valence-corrected chi connectivity index (χ0v) is 11.0. The molecule has 0 aliphatic heterocycles. The topological polar surface area (TPSA) is 50.9 Å². The minimum absolute atomic E-state index is 0.458. The van der Waals surface area contributed by atoms with Crippen molar-refractivity contribution in [1.29, 1.82) is 0 Å². The molecule has 0 unspecified atom stereocenters. The monoisotopic (exact) mass is 281 g/mol. The van der Waals surface area contributed by atoms with Gasteiger partial charge in [0.2, 0.25) is 0 Å². The van der Waals surface area contributed by atoms with E-state index in [-0.39, 0.29) is 0 Å². The third-order valence-corrected chi connectivity index (χ3v) is 3.20. The molecule has 0 spiro atoms. The molecule has 6 heteroatoms. The summed E-state index contributed by atoms with van der Waals surface area (Å²) in [6, 6.07) is 8.59. The molecule has 1 aromatic heterocycles. The number of halogens is 2. The minimum Gasteiger partial charge on any atom is -0.396 e. The first-order valence-electron chi connectivity index (χ1n) is 5.59. The molecule has 19 heavy (non-hydrogen) atoms. The van der Waals surface area contributed by atoms with Crippen molar-refractivity contribution in [3.05, 3.63) is 42.1 Å². The number of rotatable bonds is 4. The summed E-state index contributed by atoms with van der Waals surface area (Å²) < 4.78 is 24.9. The summed E-state index contributed by atoms with van der Waals surface area (Å²) in [6.45, 7) is 1.88. The van der Waals surface area contributed by atoms with Crippen molar-refractivity contribution in [1.82, 2.24) is 4.98 Å². The van der Waals surface area contributed by atoms with Gasteiger partial charge in [-0.25, -0.2) is 4.98 Å². The van der Waals surface area contributed by atoms with Gasteiger partial charge in [-0.1, -0.05) is 23.9 Å². The lowest BCUT2D eigenvalue weighted by molar-refractivity contribution is 0.252. The summed E-state index contributed by atoms with van der Waals surface area (Å²) >= 11 is 0.489. The number of hydrogen-bond donors (Lipinski definition) is 2. The van der Waals surface area contributed by atoms with Gasteiger partial charge in [0, 0.05) is 11.1 Å². The molecule has 2 rings (SSSR count). The molecule has 0 atom stereocenters. The number of pyridine rings is 1. The largest absolute Gasteiger partial charge is 0.396 e. The predicted octanol–water partition coefficient (Wildman–Crippen LogP) is 4.03. The van der Waals surface area contributed by atoms with Crippen LogP contribution in [0.2, 0.25) is 0 Å². The van der Waals surface area contributed by atoms with E-state index in [9.17, 15) is 8.78 Å². The quantitative estimate of drug-likeness (QED) is 0.831. The molecular formula is C13H13F2N3S. The normalized spacial score (nSPS) is 10.7. The fraction of sp³-hybridized carbons (Fsp3) is 0.154. The van der Waals surface area contributed by atoms with E-state index in [0.717, 1.165) is 5.56 Å². The Kier molecular flexibility index (Phi) is 4.21. The number of nitrogens with two attached hydrogens (primary N) is 1. The Labute approximate surface area is 114 Å². The molecule has 0 radical (unpaired) electrons. The van der Waals surface area contributed by atoms with Gasteiger partial charge in [0.25, 0.3) is 5.76 Å². The Morgan fingerprint density at radius 2 is 2.05 bits per heavy atom. The Bertz CT molecular complexity index is 576. The van der Waals surface area contributed by atoms with Crippen LogP contribution in [0.15, 0.2) is 41.4 Å². The molecule has 2 aromatic rings. The van der Waals surface area contributed by atoms with Gasteiger partial charge in [0.05, 0.1) is 11.4 Å². The van der Waals surface area contributed by atoms with Gasteiger partial charge in [-0.05, 0) is 30.7 Å². The maximum absolute atomic E-state index is 12.5. The van der Waals surface area contributed by atoms with Gasteiger partial charge in [0.15, 0.2) is 5.82 Å². The van der Waals surface area contributed by atoms with Crippen molar-refractivity contribution in [3.63, 3.8) is 0 Å². The lowest BCUT2D eigenvalue weighted by Crippen LogP contribution is -2.00. The van der Waals surface area contributed by atoms with Crippen LogP contribution in [0, 0.1) is 6.92 Å². The number of alkyl halides is 2. The Hall–Kier alpha value is -1.82. The highest BCUT2D eigenvalue weighted by Crippen LogP contribution is 2.33. The number of aromatic nitrogens is 1. The summed E-state index contributed by atoms with van der Waals surface area (Å²) in [5.41, 5.74) is 7.83. The number of nitrogen functional groups attached to an aromatic ring is 1. The van der Waals surface area contributed by atoms with Crippen LogP contribution in [0.4, 0.5) is 26.0 Å². The van der Waals surface area contributed by atoms with Gasteiger partial charge >= 0.3 is 0 Å². The molecule has 100 valence electrons. The van der Waals surface area contributed by atoms with Crippen molar-refractivity contribution in [2.45, 2.75) is 17.6 Å². The summed E-state index contributed by atoms with van der Waals surface area (Å²) in [4.78, 5) is 4.62. The molecule has 0 aliphatic carbocycles. The van der Waals surface area contributed by atoms with Crippen LogP contribution in [-0.4, -0.2) is 10.7 Å². The van der Waals surface area contributed by atoms with Crippen LogP contribution in [0.1, 0.15) is 5.56 Å². The summed E-state index contributed by atoms with van der Waals surface area (Å²) in [7, 11) is 0. The average Bonchev–Trinajstić information content (AvgIpc) is 2.34. The average molecular weight is 281 g/mol. The fourth-order valence-corrected chi connectivity index (χ4v) is 2.19. The van der Waals surface area contributed by atoms with E-state index in [1.807, 2.05) is 6.92 Å². The molecule has 3 N–H and O–H groups in total. The van der Waals surface area contributed by atoms with Crippen molar-refractivity contribution in [2.24, 2.45) is 0 Å². The molecule has 0 aliphatic rings. The molecule has 3 nitrogen and oxygen atoms in total. The number of anilines is 3. The van der Waals surface area contributed by atoms with Crippen molar-refractivity contribution < 1.29 is 8.78 Å². The summed E-state index contributed by atoms with van der Waals surface area (Å²) in [6.07, 6.45) is 1.67. The first-order valence-corrected chi connectivity index (χ1v) is 6.47. The number of aryl methyl sites for hydroxylation is 1. The smallest absolute Gasteiger partial charge is 0.288 e. The van der Waals surface area contributed by atoms with Gasteiger partial charge < -0.3 is 11.1 Å². The first-order chi connectivity index (χ1) is 9.06. The number of hydrogen-bond acceptors (Lipinski definition) is 4. The Morgan fingerprint density at radius 1 is 1.32 bits per heavy atom. The number of benzene rings is 1. The van der Waals surface area contributed by atoms with Crippen LogP contribution in [0.5, 0.6) is 0 Å². The van der Waals surface area contributed by atoms with Crippen LogP contribution in [0.25, 0.3) is 0 Å². The molecular weight excluding hydrogens is 268 g/mol. The maximum Gasteiger partial charge on any atom is 0.288 e. The molecule has 0 saturated heterocycles. The maximum atomic E-state index is 12.5. The highest BCUT2D eigenvalue weighted by Gasteiger charge is 2.11. The van der Waals surface area contributed by atoms with Crippen LogP contribution in [0.3, 0.4) is 0 Å². The predicted molar refractivity (Wildman–Crippen MR) is 75.0 cm³/mol. The molecule has 1 aromatic carbocycles. The van der Waals surface area contributed by atoms with Gasteiger partial charge in [-0.2, -0.15) is 8.78 Å². The zero-order chi connectivity index (χ0) is 13.8. The number of nitrogens with zero attached hydrogens (tertiary/aromatic N) is 1. The van der Waals surface area contributed by atoms with E-state index in [0.29, 0.717) is 33.9 Å². The Balaban J connectivity index is 2.27. The van der Waals surface area contributed by atoms with Crippen LogP contribution >= 0.6 is 11.8 Å². The van der Waals surface area contributed by atoms with Gasteiger partial charge in [-0.15, -0.1) is 0 Å². The number of para-hydroxylation sites is 1. The van der Waals surface area contributed by atoms with Crippen LogP contribution < -0.4 is 11.1 Å². The van der Waals surface area contributed by atoms with Gasteiger partial charge in [-0.3, -0.25) is 0 Å². The van der Waals surface area contributed by atoms with E-state index >= 15 is 0 Å². The number of thioether (sulfide) groups is 1. The molecule has 1 heterocycles. The van der Waals surface area contributed by atoms with Crippen molar-refractivity contribution in [3.8, 4) is 0 Å². The summed E-state index contributed by atoms with van der Waals surface area (Å²) in [5.74, 6) is -2.00. The highest BCUT2D eigenvalue weighted by atomic mass is 32.2. The Morgan fingerprint density at radius 3 is 2.74 bits per heavy atom. The zero-order valence-electron chi connectivity index (χ0n) is 10.2. The van der Waals surface area contributed by atoms with Crippen molar-refractivity contribution in [2.75, 3.05) is 11.1 Å². The fourth-order valence-electron chi connectivity index (χ4n) is 1.59. The standard InChI is InChI=1S/C13H13F2N3S/c1-8-6-9(16)12(17-7-8)18-10-4-2-3-5-11(10)19-13(14)15/h2-7,13H,16H2,1H3,(H,17,18). The summed E-state index contributed by atoms with van der Waals surface area (Å²) in [5, 5.41) is 2.98. The van der Waals surface area contributed by atoms with Crippen molar-refractivity contribution >= 4 is 29.0 Å². The third kappa shape index (κ3) is 3.57. The van der Waals surface area contributed by atoms with E-state index in [1.165, 1.54) is 0 Å². The minimum atomic E-state index is -2.47. The lowest BCUT2D eigenvalue weighted by atomic mass is 10.2. The first kappa shape index (κ1) is 13.6. The lowest BCUT2D eigenvalue weighted by Gasteiger charge is -2.12. The molecule has 0 amide bonds. The van der Waals surface area contributed by atoms with E-state index in [2.05, 4.69) is 10.3 Å². The molecule has 0 saturated carbocycles. The second-order valence-corrected chi connectivity index (χ2v) is 4.98. The van der Waals surface area contributed by atoms with E-state index in [1.54, 1.807) is 36.5 Å². The molecule has 0 fully saturated rings. The van der Waals surface area contributed by atoms with Gasteiger partial charge in [0.1, 0.15) is 0 Å². The SMILES string of the molecule is Cc1cnc(Nc2ccccc2SC(F)F)c(N)c1. The van der Waals surface area contributed by atoms with E-state index < -0.39 is 5.76 Å².